The molecule has 1 spiro atoms. The van der Waals surface area contributed by atoms with E-state index in [9.17, 15) is 9.59 Å². The highest BCUT2D eigenvalue weighted by atomic mass is 16.7. The van der Waals surface area contributed by atoms with Crippen LogP contribution in [0.4, 0.5) is 4.79 Å². The van der Waals surface area contributed by atoms with Gasteiger partial charge in [0.05, 0.1) is 35.4 Å². The number of hydrogen-bond donors (Lipinski definition) is 2. The number of ether oxygens (including phenoxy) is 1. The number of nitrogens with zero attached hydrogens (tertiary/aromatic N) is 2. The molecule has 10 heteroatoms. The Balaban J connectivity index is 1.41. The van der Waals surface area contributed by atoms with Crippen molar-refractivity contribution in [3.63, 3.8) is 0 Å². The second-order valence-corrected chi connectivity index (χ2v) is 11.3. The summed E-state index contributed by atoms with van der Waals surface area (Å²) in [6, 6.07) is 5.19. The molecule has 2 N–H and O–H groups in total. The van der Waals surface area contributed by atoms with E-state index >= 15 is 0 Å². The predicted molar refractivity (Wildman–Crippen MR) is 132 cm³/mol. The smallest absolute Gasteiger partial charge is 0.453 e. The van der Waals surface area contributed by atoms with Gasteiger partial charge in [-0.3, -0.25) is 4.79 Å². The summed E-state index contributed by atoms with van der Waals surface area (Å²) < 4.78 is 17.1. The molecule has 5 rings (SSSR count). The van der Waals surface area contributed by atoms with Crippen molar-refractivity contribution in [3.05, 3.63) is 24.0 Å². The standard InChI is InChI=1S/C25H35BN4O5/c1-7-16(29-22(32)33-6)21(31)30-14-25(10-11-25)13-19(30)20-27-17-9-8-15(12-18(17)28-20)26-34-23(2,3)24(4,5)35-26/h8-9,12,16,19H,7,10-11,13-14H2,1-6H3,(H,27,28)(H,29,32). The lowest BCUT2D eigenvalue weighted by Gasteiger charge is -2.32. The number of H-pyrrole nitrogens is 1. The number of fused-ring (bicyclic) bond motifs is 1. The molecular formula is C25H35BN4O5. The number of carbonyl (C=O) groups excluding carboxylic acids is 2. The number of carbonyl (C=O) groups is 2. The first-order valence-corrected chi connectivity index (χ1v) is 12.5. The van der Waals surface area contributed by atoms with E-state index in [0.29, 0.717) is 13.0 Å². The molecule has 2 aromatic rings. The van der Waals surface area contributed by atoms with E-state index in [2.05, 4.69) is 10.3 Å². The Morgan fingerprint density at radius 2 is 1.94 bits per heavy atom. The number of aromatic amines is 1. The monoisotopic (exact) mass is 482 g/mol. The number of likely N-dealkylation sites (tertiary alicyclic amines) is 1. The SMILES string of the molecule is CCC(NC(=O)OC)C(=O)N1CC2(CC2)CC1c1nc2ccc(B3OC(C)(C)C(C)(C)O3)cc2[nH]1. The number of imidazole rings is 1. The number of amides is 2. The topological polar surface area (TPSA) is 106 Å². The van der Waals surface area contributed by atoms with Crippen molar-refractivity contribution in [2.75, 3.05) is 13.7 Å². The van der Waals surface area contributed by atoms with Crippen LogP contribution in [0.1, 0.15) is 72.2 Å². The molecule has 2 amide bonds. The minimum Gasteiger partial charge on any atom is -0.453 e. The minimum atomic E-state index is -0.627. The Morgan fingerprint density at radius 3 is 2.54 bits per heavy atom. The molecule has 0 radical (unpaired) electrons. The third kappa shape index (κ3) is 4.20. The Bertz CT molecular complexity index is 1140. The van der Waals surface area contributed by atoms with Crippen molar-refractivity contribution in [1.29, 1.82) is 0 Å². The van der Waals surface area contributed by atoms with Gasteiger partial charge in [0.2, 0.25) is 5.91 Å². The van der Waals surface area contributed by atoms with Gasteiger partial charge in [-0.2, -0.15) is 0 Å². The van der Waals surface area contributed by atoms with Crippen molar-refractivity contribution in [3.8, 4) is 0 Å². The maximum absolute atomic E-state index is 13.5. The highest BCUT2D eigenvalue weighted by molar-refractivity contribution is 6.62. The molecule has 1 aliphatic carbocycles. The number of methoxy groups -OCH3 is 1. The fraction of sp³-hybridized carbons (Fsp3) is 0.640. The molecule has 35 heavy (non-hydrogen) atoms. The summed E-state index contributed by atoms with van der Waals surface area (Å²) in [4.78, 5) is 35.5. The van der Waals surface area contributed by atoms with E-state index < -0.39 is 30.5 Å². The summed E-state index contributed by atoms with van der Waals surface area (Å²) in [5.74, 6) is 0.682. The fourth-order valence-electron chi connectivity index (χ4n) is 5.14. The summed E-state index contributed by atoms with van der Waals surface area (Å²) in [6.45, 7) is 10.7. The van der Waals surface area contributed by atoms with Crippen LogP contribution in [0.3, 0.4) is 0 Å². The van der Waals surface area contributed by atoms with Crippen molar-refractivity contribution in [2.45, 2.75) is 83.6 Å². The van der Waals surface area contributed by atoms with E-state index in [1.54, 1.807) is 0 Å². The second kappa shape index (κ2) is 8.23. The van der Waals surface area contributed by atoms with Gasteiger partial charge in [0.1, 0.15) is 11.9 Å². The summed E-state index contributed by atoms with van der Waals surface area (Å²) in [7, 11) is 0.849. The zero-order valence-corrected chi connectivity index (χ0v) is 21.4. The van der Waals surface area contributed by atoms with Gasteiger partial charge in [0, 0.05) is 6.54 Å². The van der Waals surface area contributed by atoms with Crippen LogP contribution >= 0.6 is 0 Å². The molecule has 1 saturated carbocycles. The molecule has 0 bridgehead atoms. The summed E-state index contributed by atoms with van der Waals surface area (Å²) >= 11 is 0. The molecule has 2 saturated heterocycles. The molecule has 188 valence electrons. The van der Waals surface area contributed by atoms with Crippen LogP contribution in [0, 0.1) is 5.41 Å². The number of aromatic nitrogens is 2. The molecular weight excluding hydrogens is 447 g/mol. The van der Waals surface area contributed by atoms with Crippen molar-refractivity contribution in [2.24, 2.45) is 5.41 Å². The average Bonchev–Trinajstić information content (AvgIpc) is 3.16. The number of hydrogen-bond acceptors (Lipinski definition) is 6. The van der Waals surface area contributed by atoms with E-state index in [-0.39, 0.29) is 17.4 Å². The predicted octanol–water partition coefficient (Wildman–Crippen LogP) is 3.05. The zero-order chi connectivity index (χ0) is 25.2. The summed E-state index contributed by atoms with van der Waals surface area (Å²) in [6.07, 6.45) is 2.99. The van der Waals surface area contributed by atoms with Gasteiger partial charge in [-0.25, -0.2) is 9.78 Å². The van der Waals surface area contributed by atoms with Gasteiger partial charge in [-0.15, -0.1) is 0 Å². The van der Waals surface area contributed by atoms with Gasteiger partial charge in [-0.1, -0.05) is 13.0 Å². The normalized spacial score (nSPS) is 24.7. The molecule has 2 unspecified atom stereocenters. The van der Waals surface area contributed by atoms with E-state index in [1.807, 2.05) is 57.7 Å². The van der Waals surface area contributed by atoms with Crippen molar-refractivity contribution >= 4 is 35.6 Å². The molecule has 9 nitrogen and oxygen atoms in total. The fourth-order valence-corrected chi connectivity index (χ4v) is 5.14. The number of alkyl carbamates (subject to hydrolysis) is 1. The van der Waals surface area contributed by atoms with Crippen molar-refractivity contribution < 1.29 is 23.6 Å². The average molecular weight is 482 g/mol. The minimum absolute atomic E-state index is 0.0926. The van der Waals surface area contributed by atoms with E-state index in [0.717, 1.165) is 41.6 Å². The largest absolute Gasteiger partial charge is 0.494 e. The quantitative estimate of drug-likeness (QED) is 0.635. The number of rotatable bonds is 5. The first-order chi connectivity index (χ1) is 16.5. The molecule has 2 atom stereocenters. The Kier molecular flexibility index (Phi) is 5.67. The van der Waals surface area contributed by atoms with Crippen LogP contribution in [-0.2, 0) is 18.8 Å². The van der Waals surface area contributed by atoms with Crippen LogP contribution in [0.25, 0.3) is 11.0 Å². The van der Waals surface area contributed by atoms with Gasteiger partial charge >= 0.3 is 13.2 Å². The first-order valence-electron chi connectivity index (χ1n) is 12.5. The highest BCUT2D eigenvalue weighted by Crippen LogP contribution is 2.58. The van der Waals surface area contributed by atoms with Gasteiger partial charge in [0.15, 0.2) is 0 Å². The van der Waals surface area contributed by atoms with Gasteiger partial charge < -0.3 is 29.2 Å². The molecule has 3 aliphatic rings. The first kappa shape index (κ1) is 24.1. The lowest BCUT2D eigenvalue weighted by molar-refractivity contribution is -0.134. The molecule has 3 heterocycles. The van der Waals surface area contributed by atoms with Crippen LogP contribution in [0.15, 0.2) is 18.2 Å². The van der Waals surface area contributed by atoms with Crippen LogP contribution in [0.2, 0.25) is 0 Å². The van der Waals surface area contributed by atoms with Crippen LogP contribution in [0.5, 0.6) is 0 Å². The molecule has 3 fully saturated rings. The zero-order valence-electron chi connectivity index (χ0n) is 21.4. The Hall–Kier alpha value is -2.59. The van der Waals surface area contributed by atoms with Gasteiger partial charge in [0.25, 0.3) is 0 Å². The third-order valence-corrected chi connectivity index (χ3v) is 8.30. The van der Waals surface area contributed by atoms with Gasteiger partial charge in [-0.05, 0) is 76.4 Å². The summed E-state index contributed by atoms with van der Waals surface area (Å²) in [5, 5.41) is 2.68. The third-order valence-electron chi connectivity index (χ3n) is 8.30. The van der Waals surface area contributed by atoms with Crippen molar-refractivity contribution in [1.82, 2.24) is 20.2 Å². The highest BCUT2D eigenvalue weighted by Gasteiger charge is 2.55. The number of benzene rings is 1. The molecule has 1 aromatic heterocycles. The van der Waals surface area contributed by atoms with Crippen LogP contribution in [-0.4, -0.2) is 64.9 Å². The lowest BCUT2D eigenvalue weighted by atomic mass is 9.79. The lowest BCUT2D eigenvalue weighted by Crippen LogP contribution is -2.48. The Labute approximate surface area is 206 Å². The second-order valence-electron chi connectivity index (χ2n) is 11.3. The maximum atomic E-state index is 13.5. The molecule has 2 aliphatic heterocycles. The Morgan fingerprint density at radius 1 is 1.26 bits per heavy atom. The maximum Gasteiger partial charge on any atom is 0.494 e. The van der Waals surface area contributed by atoms with Crippen LogP contribution < -0.4 is 10.8 Å². The summed E-state index contributed by atoms with van der Waals surface area (Å²) in [5.41, 5.74) is 1.99. The van der Waals surface area contributed by atoms with E-state index in [4.69, 9.17) is 19.0 Å². The number of nitrogens with one attached hydrogen (secondary N) is 2. The molecule has 1 aromatic carbocycles. The van der Waals surface area contributed by atoms with E-state index in [1.165, 1.54) is 7.11 Å².